The molecule has 0 bridgehead atoms. The Morgan fingerprint density at radius 2 is 1.78 bits per heavy atom. The number of anilines is 1. The third-order valence-corrected chi connectivity index (χ3v) is 4.31. The van der Waals surface area contributed by atoms with Gasteiger partial charge < -0.3 is 9.88 Å². The van der Waals surface area contributed by atoms with Gasteiger partial charge in [-0.1, -0.05) is 11.8 Å². The Labute approximate surface area is 139 Å². The van der Waals surface area contributed by atoms with E-state index in [0.717, 1.165) is 11.4 Å². The Morgan fingerprint density at radius 3 is 2.26 bits per heavy atom. The number of hydrogen-bond donors (Lipinski definition) is 1. The zero-order valence-electron chi connectivity index (χ0n) is 13.6. The van der Waals surface area contributed by atoms with Crippen LogP contribution in [0.15, 0.2) is 35.2 Å². The summed E-state index contributed by atoms with van der Waals surface area (Å²) in [5.74, 6) is -2.64. The number of halogens is 2. The van der Waals surface area contributed by atoms with Gasteiger partial charge in [-0.2, -0.15) is 8.78 Å². The van der Waals surface area contributed by atoms with Gasteiger partial charge in [0.25, 0.3) is 11.7 Å². The number of carbonyl (C=O) groups excluding carboxylic acids is 1. The van der Waals surface area contributed by atoms with Crippen molar-refractivity contribution in [1.82, 2.24) is 4.57 Å². The predicted octanol–water partition coefficient (Wildman–Crippen LogP) is 5.25. The lowest BCUT2D eigenvalue weighted by atomic mass is 10.2. The molecule has 124 valence electrons. The summed E-state index contributed by atoms with van der Waals surface area (Å²) in [5, 5.41) is 2.81. The van der Waals surface area contributed by atoms with Gasteiger partial charge in [-0.3, -0.25) is 4.79 Å². The molecular formula is C17H20F2N2OS. The number of rotatable bonds is 5. The van der Waals surface area contributed by atoms with Crippen LogP contribution >= 0.6 is 11.8 Å². The average molecular weight is 338 g/mol. The molecule has 0 fully saturated rings. The van der Waals surface area contributed by atoms with E-state index < -0.39 is 5.76 Å². The average Bonchev–Trinajstić information content (AvgIpc) is 2.75. The van der Waals surface area contributed by atoms with Gasteiger partial charge >= 0.3 is 0 Å². The number of benzene rings is 1. The van der Waals surface area contributed by atoms with Gasteiger partial charge in [-0.25, -0.2) is 0 Å². The number of thioether (sulfide) groups is 1. The van der Waals surface area contributed by atoms with Crippen molar-refractivity contribution in [2.45, 2.75) is 44.4 Å². The highest BCUT2D eigenvalue weighted by Gasteiger charge is 2.17. The number of nitrogens with one attached hydrogen (secondary N) is 1. The highest BCUT2D eigenvalue weighted by atomic mass is 32.2. The summed E-state index contributed by atoms with van der Waals surface area (Å²) >= 11 is 0.484. The van der Waals surface area contributed by atoms with Crippen LogP contribution in [0.25, 0.3) is 0 Å². The van der Waals surface area contributed by atoms with Gasteiger partial charge in [-0.15, -0.1) is 0 Å². The fraction of sp³-hybridized carbons (Fsp3) is 0.353. The fourth-order valence-electron chi connectivity index (χ4n) is 2.72. The molecule has 2 aromatic rings. The topological polar surface area (TPSA) is 34.0 Å². The maximum Gasteiger partial charge on any atom is 0.288 e. The lowest BCUT2D eigenvalue weighted by molar-refractivity contribution is 0.102. The molecule has 1 aromatic carbocycles. The molecule has 0 radical (unpaired) electrons. The number of hydrogen-bond acceptors (Lipinski definition) is 2. The largest absolute Gasteiger partial charge is 0.346 e. The number of aryl methyl sites for hydroxylation is 1. The van der Waals surface area contributed by atoms with Crippen LogP contribution in [0, 0.1) is 13.8 Å². The fourth-order valence-corrected chi connectivity index (χ4v) is 3.22. The molecule has 2 rings (SSSR count). The summed E-state index contributed by atoms with van der Waals surface area (Å²) in [6.45, 7) is 8.03. The minimum absolute atomic E-state index is 0.195. The molecule has 0 atom stereocenters. The second-order valence-corrected chi connectivity index (χ2v) is 6.67. The van der Waals surface area contributed by atoms with Crippen LogP contribution < -0.4 is 5.32 Å². The van der Waals surface area contributed by atoms with Gasteiger partial charge in [0.05, 0.1) is 5.56 Å². The third kappa shape index (κ3) is 4.13. The van der Waals surface area contributed by atoms with Crippen LogP contribution in [0.1, 0.15) is 41.6 Å². The monoisotopic (exact) mass is 338 g/mol. The molecule has 1 amide bonds. The van der Waals surface area contributed by atoms with Gasteiger partial charge in [0, 0.05) is 28.0 Å². The molecule has 1 aromatic heterocycles. The number of nitrogens with zero attached hydrogens (tertiary/aromatic N) is 1. The van der Waals surface area contributed by atoms with Gasteiger partial charge in [-0.05, 0) is 58.0 Å². The van der Waals surface area contributed by atoms with Crippen LogP contribution in [0.4, 0.5) is 14.5 Å². The lowest BCUT2D eigenvalue weighted by Crippen LogP contribution is -2.13. The van der Waals surface area contributed by atoms with E-state index in [9.17, 15) is 13.6 Å². The van der Waals surface area contributed by atoms with Gasteiger partial charge in [0.15, 0.2) is 0 Å². The molecule has 3 nitrogen and oxygen atoms in total. The molecule has 1 N–H and O–H groups in total. The van der Waals surface area contributed by atoms with Crippen molar-refractivity contribution in [2.24, 2.45) is 0 Å². The summed E-state index contributed by atoms with van der Waals surface area (Å²) in [7, 11) is 0. The summed E-state index contributed by atoms with van der Waals surface area (Å²) in [4.78, 5) is 12.9. The molecule has 0 aliphatic carbocycles. The SMILES string of the molecule is Cc1cc(C(=O)Nc2ccc(SC(F)F)cc2)c(C)n1C(C)C. The van der Waals surface area contributed by atoms with E-state index in [-0.39, 0.29) is 11.9 Å². The summed E-state index contributed by atoms with van der Waals surface area (Å²) in [5.41, 5.74) is 3.16. The lowest BCUT2D eigenvalue weighted by Gasteiger charge is -2.13. The van der Waals surface area contributed by atoms with E-state index in [4.69, 9.17) is 0 Å². The first kappa shape index (κ1) is 17.5. The summed E-state index contributed by atoms with van der Waals surface area (Å²) < 4.78 is 26.7. The number of amides is 1. The molecule has 0 aliphatic heterocycles. The van der Waals surface area contributed by atoms with Gasteiger partial charge in [0.2, 0.25) is 0 Å². The molecule has 1 heterocycles. The van der Waals surface area contributed by atoms with E-state index in [0.29, 0.717) is 27.9 Å². The molecule has 0 unspecified atom stereocenters. The second kappa shape index (κ2) is 7.17. The molecule has 6 heteroatoms. The molecule has 0 saturated heterocycles. The predicted molar refractivity (Wildman–Crippen MR) is 90.5 cm³/mol. The summed E-state index contributed by atoms with van der Waals surface area (Å²) in [6, 6.07) is 8.55. The van der Waals surface area contributed by atoms with Crippen molar-refractivity contribution in [3.8, 4) is 0 Å². The maximum atomic E-state index is 12.4. The first-order chi connectivity index (χ1) is 10.8. The van der Waals surface area contributed by atoms with Crippen LogP contribution in [0.5, 0.6) is 0 Å². The van der Waals surface area contributed by atoms with E-state index in [1.165, 1.54) is 0 Å². The molecule has 23 heavy (non-hydrogen) atoms. The van der Waals surface area contributed by atoms with Crippen LogP contribution in [-0.4, -0.2) is 16.2 Å². The molecular weight excluding hydrogens is 318 g/mol. The highest BCUT2D eigenvalue weighted by Crippen LogP contribution is 2.26. The van der Waals surface area contributed by atoms with Crippen LogP contribution in [-0.2, 0) is 0 Å². The van der Waals surface area contributed by atoms with Gasteiger partial charge in [0.1, 0.15) is 0 Å². The Kier molecular flexibility index (Phi) is 5.46. The zero-order valence-corrected chi connectivity index (χ0v) is 14.4. The Bertz CT molecular complexity index is 693. The Morgan fingerprint density at radius 1 is 1.17 bits per heavy atom. The minimum Gasteiger partial charge on any atom is -0.346 e. The van der Waals surface area contributed by atoms with Crippen molar-refractivity contribution in [3.63, 3.8) is 0 Å². The first-order valence-corrected chi connectivity index (χ1v) is 8.22. The Hall–Kier alpha value is -1.82. The Balaban J connectivity index is 2.15. The first-order valence-electron chi connectivity index (χ1n) is 7.34. The smallest absolute Gasteiger partial charge is 0.288 e. The highest BCUT2D eigenvalue weighted by molar-refractivity contribution is 7.99. The van der Waals surface area contributed by atoms with Crippen LogP contribution in [0.3, 0.4) is 0 Å². The minimum atomic E-state index is -2.45. The molecule has 0 saturated carbocycles. The van der Waals surface area contributed by atoms with E-state index in [1.807, 2.05) is 19.9 Å². The maximum absolute atomic E-state index is 12.4. The number of alkyl halides is 2. The molecule has 0 aliphatic rings. The van der Waals surface area contributed by atoms with Crippen molar-refractivity contribution in [2.75, 3.05) is 5.32 Å². The number of aromatic nitrogens is 1. The normalized spacial score (nSPS) is 11.3. The van der Waals surface area contributed by atoms with Crippen molar-refractivity contribution >= 4 is 23.4 Å². The van der Waals surface area contributed by atoms with Crippen molar-refractivity contribution in [1.29, 1.82) is 0 Å². The van der Waals surface area contributed by atoms with E-state index >= 15 is 0 Å². The quantitative estimate of drug-likeness (QED) is 0.755. The van der Waals surface area contributed by atoms with Crippen LogP contribution in [0.2, 0.25) is 0 Å². The standard InChI is InChI=1S/C17H20F2N2OS/c1-10(2)21-11(3)9-15(12(21)4)16(22)20-13-5-7-14(8-6-13)23-17(18)19/h5-10,17H,1-4H3,(H,20,22). The van der Waals surface area contributed by atoms with Crippen molar-refractivity contribution < 1.29 is 13.6 Å². The van der Waals surface area contributed by atoms with E-state index in [2.05, 4.69) is 23.7 Å². The second-order valence-electron chi connectivity index (χ2n) is 5.61. The van der Waals surface area contributed by atoms with Crippen molar-refractivity contribution in [3.05, 3.63) is 47.3 Å². The van der Waals surface area contributed by atoms with E-state index in [1.54, 1.807) is 24.3 Å². The molecule has 0 spiro atoms. The zero-order chi connectivity index (χ0) is 17.1. The summed E-state index contributed by atoms with van der Waals surface area (Å²) in [6.07, 6.45) is 0. The third-order valence-electron chi connectivity index (χ3n) is 3.58. The number of carbonyl (C=O) groups is 1.